The van der Waals surface area contributed by atoms with Crippen LogP contribution < -0.4 is 5.48 Å². The number of ether oxygens (including phenoxy) is 2. The highest BCUT2D eigenvalue weighted by Crippen LogP contribution is 2.17. The zero-order valence-corrected chi connectivity index (χ0v) is 18.0. The van der Waals surface area contributed by atoms with E-state index in [1.165, 1.54) is 29.2 Å². The van der Waals surface area contributed by atoms with Crippen LogP contribution in [0.15, 0.2) is 54.6 Å². The van der Waals surface area contributed by atoms with Gasteiger partial charge in [-0.3, -0.25) is 24.9 Å². The van der Waals surface area contributed by atoms with Gasteiger partial charge in [0.05, 0.1) is 24.2 Å². The van der Waals surface area contributed by atoms with E-state index in [0.717, 1.165) is 5.56 Å². The van der Waals surface area contributed by atoms with Gasteiger partial charge in [0.15, 0.2) is 0 Å². The zero-order valence-electron chi connectivity index (χ0n) is 18.0. The number of nitrogens with zero attached hydrogens (tertiary/aromatic N) is 2. The van der Waals surface area contributed by atoms with Crippen molar-refractivity contribution < 1.29 is 29.2 Å². The molecule has 10 nitrogen and oxygen atoms in total. The molecular weight excluding hydrogens is 418 g/mol. The summed E-state index contributed by atoms with van der Waals surface area (Å²) in [5.74, 6) is -1.55. The van der Waals surface area contributed by atoms with Crippen LogP contribution in [0.25, 0.3) is 0 Å². The van der Waals surface area contributed by atoms with Gasteiger partial charge in [-0.15, -0.1) is 0 Å². The Hall–Kier alpha value is -3.34. The first-order chi connectivity index (χ1) is 15.3. The summed E-state index contributed by atoms with van der Waals surface area (Å²) in [6.07, 6.45) is 0.223. The van der Waals surface area contributed by atoms with Crippen molar-refractivity contribution in [2.75, 3.05) is 20.4 Å². The Morgan fingerprint density at radius 1 is 1.12 bits per heavy atom. The van der Waals surface area contributed by atoms with Crippen LogP contribution in [0.3, 0.4) is 0 Å². The maximum Gasteiger partial charge on any atom is 0.269 e. The van der Waals surface area contributed by atoms with Crippen molar-refractivity contribution in [2.24, 2.45) is 5.92 Å². The number of non-ortho nitro benzene ring substituents is 1. The molecule has 2 amide bonds. The van der Waals surface area contributed by atoms with Crippen LogP contribution in [0.4, 0.5) is 5.69 Å². The fourth-order valence-corrected chi connectivity index (χ4v) is 3.04. The van der Waals surface area contributed by atoms with Gasteiger partial charge in [0.2, 0.25) is 5.91 Å². The Morgan fingerprint density at radius 3 is 2.38 bits per heavy atom. The highest BCUT2D eigenvalue weighted by molar-refractivity contribution is 5.94. The number of hydrogen-bond acceptors (Lipinski definition) is 7. The first-order valence-corrected chi connectivity index (χ1v) is 9.98. The number of nitro groups is 1. The van der Waals surface area contributed by atoms with E-state index in [1.54, 1.807) is 19.5 Å². The third-order valence-corrected chi connectivity index (χ3v) is 4.97. The standard InChI is InChI=1S/C22H27N3O7/c1-16(21(26)23-28)12-20(14-32-15-31-13-17-6-4-3-5-7-17)24(2)22(27)18-8-10-19(11-9-18)25(29)30/h3-11,16,20,28H,12-15H2,1-2H3,(H,23,26). The molecule has 0 aliphatic rings. The molecule has 0 aromatic heterocycles. The molecule has 0 aliphatic carbocycles. The average Bonchev–Trinajstić information content (AvgIpc) is 2.82. The number of rotatable bonds is 12. The molecule has 172 valence electrons. The molecule has 32 heavy (non-hydrogen) atoms. The van der Waals surface area contributed by atoms with Crippen LogP contribution in [0, 0.1) is 16.0 Å². The van der Waals surface area contributed by atoms with Crippen LogP contribution in [-0.4, -0.2) is 53.3 Å². The van der Waals surface area contributed by atoms with Gasteiger partial charge in [0, 0.05) is 30.7 Å². The first-order valence-electron chi connectivity index (χ1n) is 9.98. The van der Waals surface area contributed by atoms with E-state index in [9.17, 15) is 19.7 Å². The monoisotopic (exact) mass is 445 g/mol. The molecule has 2 unspecified atom stereocenters. The van der Waals surface area contributed by atoms with Crippen molar-refractivity contribution in [1.82, 2.24) is 10.4 Å². The number of nitro benzene ring substituents is 1. The van der Waals surface area contributed by atoms with E-state index in [1.807, 2.05) is 30.3 Å². The van der Waals surface area contributed by atoms with Gasteiger partial charge in [-0.2, -0.15) is 0 Å². The largest absolute Gasteiger partial charge is 0.353 e. The Bertz CT molecular complexity index is 890. The topological polar surface area (TPSA) is 131 Å². The molecule has 0 fully saturated rings. The Kier molecular flexibility index (Phi) is 9.74. The lowest BCUT2D eigenvalue weighted by atomic mass is 10.00. The number of amides is 2. The van der Waals surface area contributed by atoms with E-state index in [4.69, 9.17) is 14.7 Å². The molecule has 0 saturated carbocycles. The molecular formula is C22H27N3O7. The highest BCUT2D eigenvalue weighted by atomic mass is 16.7. The molecule has 2 aromatic carbocycles. The van der Waals surface area contributed by atoms with Crippen LogP contribution in [0.1, 0.15) is 29.3 Å². The predicted molar refractivity (Wildman–Crippen MR) is 115 cm³/mol. The fraction of sp³-hybridized carbons (Fsp3) is 0.364. The summed E-state index contributed by atoms with van der Waals surface area (Å²) < 4.78 is 11.1. The molecule has 0 radical (unpaired) electrons. The van der Waals surface area contributed by atoms with Gasteiger partial charge in [-0.25, -0.2) is 5.48 Å². The highest BCUT2D eigenvalue weighted by Gasteiger charge is 2.26. The summed E-state index contributed by atoms with van der Waals surface area (Å²) in [5, 5.41) is 19.7. The molecule has 2 N–H and O–H groups in total. The number of hydroxylamine groups is 1. The second-order valence-corrected chi connectivity index (χ2v) is 7.31. The lowest BCUT2D eigenvalue weighted by Crippen LogP contribution is -2.43. The van der Waals surface area contributed by atoms with Crippen molar-refractivity contribution in [3.63, 3.8) is 0 Å². The molecule has 0 heterocycles. The third kappa shape index (κ3) is 7.41. The van der Waals surface area contributed by atoms with Gasteiger partial charge in [0.1, 0.15) is 6.79 Å². The quantitative estimate of drug-likeness (QED) is 0.169. The van der Waals surface area contributed by atoms with E-state index in [0.29, 0.717) is 6.61 Å². The van der Waals surface area contributed by atoms with Crippen molar-refractivity contribution in [1.29, 1.82) is 0 Å². The number of hydrogen-bond donors (Lipinski definition) is 2. The van der Waals surface area contributed by atoms with Crippen molar-refractivity contribution in [2.45, 2.75) is 26.0 Å². The maximum absolute atomic E-state index is 12.9. The van der Waals surface area contributed by atoms with Gasteiger partial charge in [-0.1, -0.05) is 37.3 Å². The van der Waals surface area contributed by atoms with Crippen LogP contribution >= 0.6 is 0 Å². The second kappa shape index (κ2) is 12.5. The Balaban J connectivity index is 1.99. The lowest BCUT2D eigenvalue weighted by molar-refractivity contribution is -0.384. The molecule has 0 saturated heterocycles. The Labute approximate surface area is 185 Å². The van der Waals surface area contributed by atoms with E-state index in [-0.39, 0.29) is 37.0 Å². The normalized spacial score (nSPS) is 12.6. The molecule has 2 aromatic rings. The number of nitrogens with one attached hydrogen (secondary N) is 1. The second-order valence-electron chi connectivity index (χ2n) is 7.31. The summed E-state index contributed by atoms with van der Waals surface area (Å²) in [7, 11) is 1.56. The smallest absolute Gasteiger partial charge is 0.269 e. The summed E-state index contributed by atoms with van der Waals surface area (Å²) in [4.78, 5) is 36.3. The van der Waals surface area contributed by atoms with Gasteiger partial charge in [0.25, 0.3) is 11.6 Å². The van der Waals surface area contributed by atoms with E-state index < -0.39 is 22.8 Å². The first kappa shape index (κ1) is 24.9. The molecule has 0 aliphatic heterocycles. The summed E-state index contributed by atoms with van der Waals surface area (Å²) in [6.45, 7) is 2.07. The third-order valence-electron chi connectivity index (χ3n) is 4.97. The number of carbonyl (C=O) groups excluding carboxylic acids is 2. The average molecular weight is 445 g/mol. The minimum Gasteiger partial charge on any atom is -0.353 e. The van der Waals surface area contributed by atoms with Gasteiger partial charge in [-0.05, 0) is 24.1 Å². The molecule has 2 atom stereocenters. The van der Waals surface area contributed by atoms with Crippen LogP contribution in [0.5, 0.6) is 0 Å². The molecule has 10 heteroatoms. The zero-order chi connectivity index (χ0) is 23.5. The summed E-state index contributed by atoms with van der Waals surface area (Å²) in [5.41, 5.74) is 2.75. The van der Waals surface area contributed by atoms with Crippen molar-refractivity contribution in [3.05, 3.63) is 75.8 Å². The van der Waals surface area contributed by atoms with E-state index in [2.05, 4.69) is 0 Å². The number of benzene rings is 2. The minimum absolute atomic E-state index is 0.00840. The van der Waals surface area contributed by atoms with Crippen molar-refractivity contribution in [3.8, 4) is 0 Å². The summed E-state index contributed by atoms with van der Waals surface area (Å²) >= 11 is 0. The van der Waals surface area contributed by atoms with E-state index >= 15 is 0 Å². The van der Waals surface area contributed by atoms with Gasteiger partial charge >= 0.3 is 0 Å². The Morgan fingerprint density at radius 2 is 1.78 bits per heavy atom. The predicted octanol–water partition coefficient (Wildman–Crippen LogP) is 2.76. The fourth-order valence-electron chi connectivity index (χ4n) is 3.04. The molecule has 0 spiro atoms. The van der Waals surface area contributed by atoms with Crippen LogP contribution in [-0.2, 0) is 20.9 Å². The lowest BCUT2D eigenvalue weighted by Gasteiger charge is -2.30. The number of likely N-dealkylation sites (N-methyl/N-ethyl adjacent to an activating group) is 1. The van der Waals surface area contributed by atoms with Crippen LogP contribution in [0.2, 0.25) is 0 Å². The number of carbonyl (C=O) groups is 2. The maximum atomic E-state index is 12.9. The molecule has 0 bridgehead atoms. The van der Waals surface area contributed by atoms with Crippen molar-refractivity contribution >= 4 is 17.5 Å². The SMILES string of the molecule is CC(CC(COCOCc1ccccc1)N(C)C(=O)c1ccc([N+](=O)[O-])cc1)C(=O)NO. The van der Waals surface area contributed by atoms with Gasteiger partial charge < -0.3 is 14.4 Å². The summed E-state index contributed by atoms with van der Waals surface area (Å²) in [6, 6.07) is 14.3. The minimum atomic E-state index is -0.592. The molecule has 2 rings (SSSR count).